The van der Waals surface area contributed by atoms with Crippen LogP contribution in [0.5, 0.6) is 11.5 Å². The van der Waals surface area contributed by atoms with E-state index in [4.69, 9.17) is 9.47 Å². The first-order valence-corrected chi connectivity index (χ1v) is 13.6. The monoisotopic (exact) mass is 571 g/mol. The predicted molar refractivity (Wildman–Crippen MR) is 148 cm³/mol. The average Bonchev–Trinajstić information content (AvgIpc) is 3.32. The average molecular weight is 572 g/mol. The van der Waals surface area contributed by atoms with Gasteiger partial charge >= 0.3 is 12.2 Å². The van der Waals surface area contributed by atoms with Crippen molar-refractivity contribution < 1.29 is 31.8 Å². The van der Waals surface area contributed by atoms with E-state index in [1.165, 1.54) is 5.56 Å². The van der Waals surface area contributed by atoms with Crippen molar-refractivity contribution in [2.75, 3.05) is 26.1 Å². The lowest BCUT2D eigenvalue weighted by Crippen LogP contribution is -2.52. The normalized spacial score (nSPS) is 22.6. The van der Waals surface area contributed by atoms with Crippen LogP contribution in [0.1, 0.15) is 42.4 Å². The zero-order chi connectivity index (χ0) is 29.2. The van der Waals surface area contributed by atoms with Crippen molar-refractivity contribution in [3.63, 3.8) is 0 Å². The number of fused-ring (bicyclic) bond motifs is 1. The SMILES string of the molecule is COc1ccc([C@@]23CC[C@@H](NC(=O)Nc4cccc(C(F)(F)F)c4F)C[C@@H]2N(Cc2ccccc2)CC3)cc1OC. The van der Waals surface area contributed by atoms with Crippen molar-refractivity contribution in [3.8, 4) is 11.5 Å². The summed E-state index contributed by atoms with van der Waals surface area (Å²) in [7, 11) is 3.21. The van der Waals surface area contributed by atoms with Crippen molar-refractivity contribution in [2.45, 2.75) is 55.9 Å². The number of rotatable bonds is 7. The Morgan fingerprint density at radius 2 is 1.76 bits per heavy atom. The lowest BCUT2D eigenvalue weighted by molar-refractivity contribution is -0.139. The third-order valence-electron chi connectivity index (χ3n) is 8.44. The molecular weight excluding hydrogens is 538 g/mol. The number of benzene rings is 3. The quantitative estimate of drug-likeness (QED) is 0.308. The molecule has 1 saturated heterocycles. The zero-order valence-electron chi connectivity index (χ0n) is 22.9. The molecule has 2 amide bonds. The molecule has 10 heteroatoms. The van der Waals surface area contributed by atoms with Gasteiger partial charge in [0, 0.05) is 24.0 Å². The summed E-state index contributed by atoms with van der Waals surface area (Å²) in [5.41, 5.74) is 0.207. The Morgan fingerprint density at radius 3 is 2.46 bits per heavy atom. The summed E-state index contributed by atoms with van der Waals surface area (Å²) in [5, 5.41) is 5.17. The summed E-state index contributed by atoms with van der Waals surface area (Å²) in [4.78, 5) is 15.3. The Kier molecular flexibility index (Phi) is 8.13. The van der Waals surface area contributed by atoms with Crippen molar-refractivity contribution in [3.05, 3.63) is 89.2 Å². The van der Waals surface area contributed by atoms with E-state index in [1.807, 2.05) is 30.3 Å². The van der Waals surface area contributed by atoms with Crippen molar-refractivity contribution in [1.82, 2.24) is 10.2 Å². The van der Waals surface area contributed by atoms with Crippen LogP contribution in [0.4, 0.5) is 28.0 Å². The van der Waals surface area contributed by atoms with Crippen molar-refractivity contribution in [1.29, 1.82) is 0 Å². The van der Waals surface area contributed by atoms with Crippen molar-refractivity contribution in [2.24, 2.45) is 0 Å². The number of ether oxygens (including phenoxy) is 2. The van der Waals surface area contributed by atoms with Crippen molar-refractivity contribution >= 4 is 11.7 Å². The van der Waals surface area contributed by atoms with Crippen LogP contribution in [0.25, 0.3) is 0 Å². The van der Waals surface area contributed by atoms with Crippen LogP contribution in [-0.2, 0) is 18.1 Å². The van der Waals surface area contributed by atoms with Gasteiger partial charge in [0.1, 0.15) is 0 Å². The summed E-state index contributed by atoms with van der Waals surface area (Å²) in [5.74, 6) is -0.198. The molecule has 0 aromatic heterocycles. The molecule has 3 aromatic rings. The standard InChI is InChI=1S/C31H33F4N3O3/c1-40-25-12-11-21(17-26(25)41-2)30-14-13-22(18-27(30)38(16-15-30)19-20-7-4-3-5-8-20)36-29(39)37-24-10-6-9-23(28(24)32)31(33,34)35/h3-12,17,22,27H,13-16,18-19H2,1-2H3,(H2,36,37,39)/t22-,27+,30+/m1/s1. The third kappa shape index (κ3) is 5.84. The van der Waals surface area contributed by atoms with Gasteiger partial charge in [0.15, 0.2) is 17.3 Å². The lowest BCUT2D eigenvalue weighted by Gasteiger charge is -2.45. The first-order chi connectivity index (χ1) is 19.6. The second kappa shape index (κ2) is 11.6. The summed E-state index contributed by atoms with van der Waals surface area (Å²) in [6.45, 7) is 1.61. The molecule has 2 aliphatic rings. The minimum Gasteiger partial charge on any atom is -0.493 e. The number of anilines is 1. The predicted octanol–water partition coefficient (Wildman–Crippen LogP) is 6.75. The Labute approximate surface area is 236 Å². The van der Waals surface area contributed by atoms with E-state index in [0.29, 0.717) is 30.4 Å². The first kappa shape index (κ1) is 28.7. The number of methoxy groups -OCH3 is 2. The Bertz CT molecular complexity index is 1380. The molecule has 2 fully saturated rings. The Morgan fingerprint density at radius 1 is 1.00 bits per heavy atom. The summed E-state index contributed by atoms with van der Waals surface area (Å²) >= 11 is 0. The molecule has 3 aromatic carbocycles. The molecule has 0 bridgehead atoms. The molecule has 1 aliphatic carbocycles. The number of carbonyl (C=O) groups is 1. The fourth-order valence-electron chi connectivity index (χ4n) is 6.46. The highest BCUT2D eigenvalue weighted by molar-refractivity contribution is 5.89. The second-order valence-electron chi connectivity index (χ2n) is 10.7. The van der Waals surface area contributed by atoms with Gasteiger partial charge in [-0.3, -0.25) is 4.90 Å². The van der Waals surface area contributed by atoms with Crippen LogP contribution in [0.2, 0.25) is 0 Å². The van der Waals surface area contributed by atoms with Crippen LogP contribution in [0.3, 0.4) is 0 Å². The number of hydrogen-bond donors (Lipinski definition) is 2. The first-order valence-electron chi connectivity index (χ1n) is 13.6. The van der Waals surface area contributed by atoms with E-state index in [-0.39, 0.29) is 17.5 Å². The van der Waals surface area contributed by atoms with Gasteiger partial charge in [-0.2, -0.15) is 13.2 Å². The fourth-order valence-corrected chi connectivity index (χ4v) is 6.46. The van der Waals surface area contributed by atoms with E-state index < -0.39 is 29.3 Å². The summed E-state index contributed by atoms with van der Waals surface area (Å²) in [6, 6.07) is 18.1. The lowest BCUT2D eigenvalue weighted by atomic mass is 9.65. The smallest absolute Gasteiger partial charge is 0.419 e. The third-order valence-corrected chi connectivity index (χ3v) is 8.44. The minimum absolute atomic E-state index is 0.0742. The molecule has 5 rings (SSSR count). The molecule has 41 heavy (non-hydrogen) atoms. The summed E-state index contributed by atoms with van der Waals surface area (Å²) in [6.07, 6.45) is -1.88. The highest BCUT2D eigenvalue weighted by atomic mass is 19.4. The zero-order valence-corrected chi connectivity index (χ0v) is 22.9. The Hall–Kier alpha value is -3.79. The molecule has 0 unspecified atom stereocenters. The van der Waals surface area contributed by atoms with Gasteiger partial charge in [0.05, 0.1) is 25.5 Å². The molecule has 0 radical (unpaired) electrons. The number of halogens is 4. The van der Waals surface area contributed by atoms with Crippen LogP contribution >= 0.6 is 0 Å². The maximum absolute atomic E-state index is 14.5. The largest absolute Gasteiger partial charge is 0.493 e. The topological polar surface area (TPSA) is 62.8 Å². The van der Waals surface area contributed by atoms with Crippen LogP contribution < -0.4 is 20.1 Å². The molecule has 6 nitrogen and oxygen atoms in total. The molecule has 1 aliphatic heterocycles. The number of nitrogens with zero attached hydrogens (tertiary/aromatic N) is 1. The fraction of sp³-hybridized carbons (Fsp3) is 0.387. The van der Waals surface area contributed by atoms with Crippen LogP contribution in [0.15, 0.2) is 66.7 Å². The van der Waals surface area contributed by atoms with Gasteiger partial charge in [-0.25, -0.2) is 9.18 Å². The van der Waals surface area contributed by atoms with Crippen LogP contribution in [-0.4, -0.2) is 43.8 Å². The van der Waals surface area contributed by atoms with E-state index in [2.05, 4.69) is 33.7 Å². The maximum atomic E-state index is 14.5. The van der Waals surface area contributed by atoms with E-state index in [9.17, 15) is 22.4 Å². The minimum atomic E-state index is -4.86. The number of likely N-dealkylation sites (tertiary alicyclic amines) is 1. The number of alkyl halides is 3. The van der Waals surface area contributed by atoms with Gasteiger partial charge in [0.2, 0.25) is 0 Å². The highest BCUT2D eigenvalue weighted by Crippen LogP contribution is 2.50. The van der Waals surface area contributed by atoms with E-state index in [1.54, 1.807) is 14.2 Å². The van der Waals surface area contributed by atoms with E-state index >= 15 is 0 Å². The number of urea groups is 1. The molecule has 2 N–H and O–H groups in total. The maximum Gasteiger partial charge on any atom is 0.419 e. The van der Waals surface area contributed by atoms with Gasteiger partial charge in [-0.15, -0.1) is 0 Å². The van der Waals surface area contributed by atoms with Gasteiger partial charge in [-0.05, 0) is 67.6 Å². The molecule has 1 saturated carbocycles. The van der Waals surface area contributed by atoms with Gasteiger partial charge in [-0.1, -0.05) is 42.5 Å². The number of amides is 2. The molecule has 3 atom stereocenters. The van der Waals surface area contributed by atoms with Crippen LogP contribution in [0, 0.1) is 5.82 Å². The molecule has 218 valence electrons. The summed E-state index contributed by atoms with van der Waals surface area (Å²) < 4.78 is 65.0. The van der Waals surface area contributed by atoms with E-state index in [0.717, 1.165) is 43.6 Å². The molecular formula is C31H33F4N3O3. The highest BCUT2D eigenvalue weighted by Gasteiger charge is 2.51. The van der Waals surface area contributed by atoms with Gasteiger partial charge < -0.3 is 20.1 Å². The Balaban J connectivity index is 1.37. The van der Waals surface area contributed by atoms with Gasteiger partial charge in [0.25, 0.3) is 0 Å². The number of carbonyl (C=O) groups excluding carboxylic acids is 1. The number of nitrogens with one attached hydrogen (secondary N) is 2. The number of hydrogen-bond acceptors (Lipinski definition) is 4. The molecule has 1 heterocycles. The molecule has 0 spiro atoms. The second-order valence-corrected chi connectivity index (χ2v) is 10.7.